The molecule has 0 bridgehead atoms. The van der Waals surface area contributed by atoms with Gasteiger partial charge in [-0.3, -0.25) is 9.36 Å². The first-order valence-corrected chi connectivity index (χ1v) is 34.5. The van der Waals surface area contributed by atoms with Crippen LogP contribution in [0.25, 0.3) is 0 Å². The number of phosphoric acid groups is 1. The molecule has 0 radical (unpaired) electrons. The van der Waals surface area contributed by atoms with Crippen molar-refractivity contribution in [1.29, 1.82) is 0 Å². The Bertz CT molecular complexity index is 1210. The predicted molar refractivity (Wildman–Crippen MR) is 321 cm³/mol. The van der Waals surface area contributed by atoms with E-state index in [0.717, 1.165) is 38.5 Å². The summed E-state index contributed by atoms with van der Waals surface area (Å²) in [5.74, 6) is -0.158. The van der Waals surface area contributed by atoms with Crippen molar-refractivity contribution in [3.8, 4) is 0 Å². The third-order valence-corrected chi connectivity index (χ3v) is 16.5. The molecule has 0 spiro atoms. The summed E-state index contributed by atoms with van der Waals surface area (Å²) in [6.07, 6.45) is 71.3. The van der Waals surface area contributed by atoms with Gasteiger partial charge in [-0.2, -0.15) is 0 Å². The molecule has 0 aliphatic rings. The van der Waals surface area contributed by atoms with E-state index in [1.165, 1.54) is 283 Å². The number of hydrogen-bond donors (Lipinski definition) is 2. The fourth-order valence-electron chi connectivity index (χ4n) is 10.3. The minimum atomic E-state index is -4.57. The third-order valence-electron chi connectivity index (χ3n) is 15.5. The van der Waals surface area contributed by atoms with Crippen LogP contribution in [0.4, 0.5) is 0 Å². The number of rotatable bonds is 62. The molecule has 0 heterocycles. The molecule has 8 nitrogen and oxygen atoms in total. The van der Waals surface area contributed by atoms with E-state index < -0.39 is 20.0 Å². The first-order valence-electron chi connectivity index (χ1n) is 33.0. The van der Waals surface area contributed by atoms with E-state index in [9.17, 15) is 19.4 Å². The van der Waals surface area contributed by atoms with Crippen molar-refractivity contribution in [3.05, 3.63) is 12.2 Å². The van der Waals surface area contributed by atoms with Crippen molar-refractivity contribution >= 4 is 13.7 Å². The van der Waals surface area contributed by atoms with Crippen molar-refractivity contribution in [3.63, 3.8) is 0 Å². The van der Waals surface area contributed by atoms with Gasteiger partial charge in [0.1, 0.15) is 13.2 Å². The quantitative estimate of drug-likeness (QED) is 0.0272. The molecule has 2 N–H and O–H groups in total. The maximum atomic E-state index is 13.0. The second kappa shape index (κ2) is 56.9. The Morgan fingerprint density at radius 2 is 0.743 bits per heavy atom. The van der Waals surface area contributed by atoms with Crippen molar-refractivity contribution < 1.29 is 32.9 Å². The lowest BCUT2D eigenvalue weighted by atomic mass is 10.0. The molecule has 74 heavy (non-hydrogen) atoms. The smallest absolute Gasteiger partial charge is 0.268 e. The molecule has 0 saturated carbocycles. The molecule has 9 heteroatoms. The van der Waals surface area contributed by atoms with E-state index in [2.05, 4.69) is 31.3 Å². The number of likely N-dealkylation sites (N-methyl/N-ethyl adjacent to an activating group) is 1. The number of nitrogens with zero attached hydrogens (tertiary/aromatic N) is 1. The summed E-state index contributed by atoms with van der Waals surface area (Å²) in [5, 5.41) is 14.1. The predicted octanol–water partition coefficient (Wildman–Crippen LogP) is 19.9. The number of allylic oxidation sites excluding steroid dienone is 2. The molecule has 0 aliphatic heterocycles. The van der Waals surface area contributed by atoms with Gasteiger partial charge < -0.3 is 28.8 Å². The van der Waals surface area contributed by atoms with Gasteiger partial charge in [0.15, 0.2) is 0 Å². The van der Waals surface area contributed by atoms with Crippen LogP contribution in [0, 0.1) is 0 Å². The molecular weight excluding hydrogens is 936 g/mol. The number of aliphatic hydroxyl groups is 1. The first-order chi connectivity index (χ1) is 36.0. The molecule has 1 amide bonds. The van der Waals surface area contributed by atoms with Crippen LogP contribution >= 0.6 is 7.82 Å². The molecule has 0 aromatic carbocycles. The highest BCUT2D eigenvalue weighted by atomic mass is 31.2. The molecule has 3 unspecified atom stereocenters. The van der Waals surface area contributed by atoms with Gasteiger partial charge in [0.05, 0.1) is 39.9 Å². The van der Waals surface area contributed by atoms with E-state index in [0.29, 0.717) is 23.9 Å². The van der Waals surface area contributed by atoms with Crippen LogP contribution in [-0.4, -0.2) is 68.5 Å². The van der Waals surface area contributed by atoms with E-state index in [1.807, 2.05) is 21.1 Å². The minimum absolute atomic E-state index is 0.0151. The average molecular weight is 1070 g/mol. The summed E-state index contributed by atoms with van der Waals surface area (Å²) in [5.41, 5.74) is 0. The van der Waals surface area contributed by atoms with Gasteiger partial charge in [0, 0.05) is 6.42 Å². The standard InChI is InChI=1S/C65H131N2O6P/c1-6-8-10-12-14-16-18-20-22-24-26-28-30-32-33-34-35-37-39-41-43-45-47-49-51-53-55-57-59-65(69)66-63(62-73-74(70,71)72-61-60-67(3,4)5)64(68)58-56-54-52-50-48-46-44-42-40-38-36-31-29-27-25-23-21-19-17-15-13-11-9-7-2/h32-33,63-64,68H,6-31,34-62H2,1-5H3,(H-,66,69,70,71)/b33-32-. The van der Waals surface area contributed by atoms with Gasteiger partial charge in [0.25, 0.3) is 7.82 Å². The van der Waals surface area contributed by atoms with Crippen molar-refractivity contribution in [1.82, 2.24) is 5.32 Å². The zero-order valence-electron chi connectivity index (χ0n) is 50.6. The number of aliphatic hydroxyl groups excluding tert-OH is 1. The topological polar surface area (TPSA) is 108 Å². The molecular formula is C65H131N2O6P. The summed E-state index contributed by atoms with van der Waals surface area (Å²) in [6, 6.07) is -0.799. The molecule has 0 fully saturated rings. The fraction of sp³-hybridized carbons (Fsp3) is 0.954. The Morgan fingerprint density at radius 1 is 0.459 bits per heavy atom. The zero-order chi connectivity index (χ0) is 54.2. The molecule has 442 valence electrons. The monoisotopic (exact) mass is 1070 g/mol. The molecule has 3 atom stereocenters. The maximum absolute atomic E-state index is 13.0. The summed E-state index contributed by atoms with van der Waals surface area (Å²) in [6.45, 7) is 4.79. The normalized spacial score (nSPS) is 13.8. The van der Waals surface area contributed by atoms with Gasteiger partial charge in [-0.05, 0) is 38.5 Å². The Balaban J connectivity index is 4.05. The van der Waals surface area contributed by atoms with Crippen molar-refractivity contribution in [2.45, 2.75) is 360 Å². The van der Waals surface area contributed by atoms with Gasteiger partial charge in [-0.15, -0.1) is 0 Å². The van der Waals surface area contributed by atoms with Crippen molar-refractivity contribution in [2.75, 3.05) is 40.9 Å². The van der Waals surface area contributed by atoms with Crippen molar-refractivity contribution in [2.24, 2.45) is 0 Å². The number of carbonyl (C=O) groups excluding carboxylic acids is 1. The van der Waals surface area contributed by atoms with E-state index in [4.69, 9.17) is 9.05 Å². The SMILES string of the molecule is CCCCCCCCCCCCCC/C=C\CCCCCCCCCCCCCCC(=O)NC(COP(=O)([O-])OCC[N+](C)(C)C)C(O)CCCCCCCCCCCCCCCCCCCCCCCCCC. The number of phosphoric ester groups is 1. The fourth-order valence-corrected chi connectivity index (χ4v) is 11.1. The van der Waals surface area contributed by atoms with Crippen LogP contribution in [-0.2, 0) is 18.4 Å². The summed E-state index contributed by atoms with van der Waals surface area (Å²) >= 11 is 0. The van der Waals surface area contributed by atoms with Gasteiger partial charge in [-0.25, -0.2) is 0 Å². The Labute approximate surface area is 462 Å². The number of quaternary nitrogens is 1. The summed E-state index contributed by atoms with van der Waals surface area (Å²) < 4.78 is 23.5. The number of carbonyl (C=O) groups is 1. The molecule has 0 rings (SSSR count). The minimum Gasteiger partial charge on any atom is -0.756 e. The van der Waals surface area contributed by atoms with Gasteiger partial charge >= 0.3 is 0 Å². The number of amides is 1. The number of hydrogen-bond acceptors (Lipinski definition) is 6. The van der Waals surface area contributed by atoms with Gasteiger partial charge in [0.2, 0.25) is 5.91 Å². The van der Waals surface area contributed by atoms with Gasteiger partial charge in [-0.1, -0.05) is 315 Å². The third kappa shape index (κ3) is 58.9. The lowest BCUT2D eigenvalue weighted by Gasteiger charge is -2.30. The number of nitrogens with one attached hydrogen (secondary N) is 1. The highest BCUT2D eigenvalue weighted by Crippen LogP contribution is 2.38. The molecule has 0 aromatic heterocycles. The first kappa shape index (κ1) is 73.2. The second-order valence-corrected chi connectivity index (χ2v) is 25.6. The highest BCUT2D eigenvalue weighted by molar-refractivity contribution is 7.45. The molecule has 0 aliphatic carbocycles. The van der Waals surface area contributed by atoms with Crippen LogP contribution in [0.1, 0.15) is 348 Å². The van der Waals surface area contributed by atoms with Crippen LogP contribution in [0.5, 0.6) is 0 Å². The Morgan fingerprint density at radius 3 is 1.05 bits per heavy atom. The molecule has 0 aromatic rings. The van der Waals surface area contributed by atoms with E-state index in [-0.39, 0.29) is 19.1 Å². The van der Waals surface area contributed by atoms with E-state index >= 15 is 0 Å². The Hall–Kier alpha value is -0.760. The zero-order valence-corrected chi connectivity index (χ0v) is 51.5. The van der Waals surface area contributed by atoms with Crippen LogP contribution in [0.2, 0.25) is 0 Å². The Kier molecular flexibility index (Phi) is 56.4. The van der Waals surface area contributed by atoms with Crippen LogP contribution in [0.15, 0.2) is 12.2 Å². The largest absolute Gasteiger partial charge is 0.756 e. The second-order valence-electron chi connectivity index (χ2n) is 24.2. The van der Waals surface area contributed by atoms with Crippen LogP contribution in [0.3, 0.4) is 0 Å². The summed E-state index contributed by atoms with van der Waals surface area (Å²) in [7, 11) is 1.32. The van der Waals surface area contributed by atoms with Crippen LogP contribution < -0.4 is 10.2 Å². The van der Waals surface area contributed by atoms with E-state index in [1.54, 1.807) is 0 Å². The number of unbranched alkanes of at least 4 members (excludes halogenated alkanes) is 47. The lowest BCUT2D eigenvalue weighted by molar-refractivity contribution is -0.870. The average Bonchev–Trinajstić information content (AvgIpc) is 3.36. The lowest BCUT2D eigenvalue weighted by Crippen LogP contribution is -2.46. The maximum Gasteiger partial charge on any atom is 0.268 e. The molecule has 0 saturated heterocycles. The summed E-state index contributed by atoms with van der Waals surface area (Å²) in [4.78, 5) is 25.6. The highest BCUT2D eigenvalue weighted by Gasteiger charge is 2.24.